The van der Waals surface area contributed by atoms with Crippen molar-refractivity contribution in [3.63, 3.8) is 0 Å². The molecule has 1 aromatic carbocycles. The van der Waals surface area contributed by atoms with Crippen LogP contribution in [0.15, 0.2) is 61.3 Å². The number of aromatic nitrogens is 7. The van der Waals surface area contributed by atoms with E-state index in [1.807, 2.05) is 12.1 Å². The largest absolute Gasteiger partial charge is 0.494 e. The SMILES string of the molecule is COc1cc(-n2cnnn2)ccc1NC(=O)c1cnc(-c2ccccn2)nc1. The Hall–Kier alpha value is -4.21. The Labute approximate surface area is 159 Å². The number of hydrogen-bond donors (Lipinski definition) is 1. The van der Waals surface area contributed by atoms with Gasteiger partial charge in [-0.3, -0.25) is 9.78 Å². The number of amides is 1. The summed E-state index contributed by atoms with van der Waals surface area (Å²) in [4.78, 5) is 25.2. The van der Waals surface area contributed by atoms with E-state index in [4.69, 9.17) is 4.74 Å². The van der Waals surface area contributed by atoms with Crippen molar-refractivity contribution in [3.8, 4) is 23.0 Å². The fourth-order valence-corrected chi connectivity index (χ4v) is 2.47. The van der Waals surface area contributed by atoms with Crippen LogP contribution in [-0.2, 0) is 0 Å². The maximum absolute atomic E-state index is 12.5. The summed E-state index contributed by atoms with van der Waals surface area (Å²) >= 11 is 0. The van der Waals surface area contributed by atoms with E-state index >= 15 is 0 Å². The predicted octanol–water partition coefficient (Wildman–Crippen LogP) is 1.78. The molecule has 10 nitrogen and oxygen atoms in total. The molecule has 1 amide bonds. The third-order valence-electron chi connectivity index (χ3n) is 3.85. The Bertz CT molecular complexity index is 1080. The Kier molecular flexibility index (Phi) is 4.66. The van der Waals surface area contributed by atoms with Gasteiger partial charge in [0.15, 0.2) is 5.82 Å². The quantitative estimate of drug-likeness (QED) is 0.561. The van der Waals surface area contributed by atoms with Crippen LogP contribution in [0.4, 0.5) is 5.69 Å². The second kappa shape index (κ2) is 7.58. The number of pyridine rings is 1. The minimum absolute atomic E-state index is 0.311. The Balaban J connectivity index is 1.53. The van der Waals surface area contributed by atoms with Gasteiger partial charge in [0, 0.05) is 24.7 Å². The topological polar surface area (TPSA) is 121 Å². The number of hydrogen-bond acceptors (Lipinski definition) is 8. The van der Waals surface area contributed by atoms with Gasteiger partial charge in [0.1, 0.15) is 17.8 Å². The van der Waals surface area contributed by atoms with Crippen molar-refractivity contribution >= 4 is 11.6 Å². The van der Waals surface area contributed by atoms with Crippen LogP contribution in [0, 0.1) is 0 Å². The normalized spacial score (nSPS) is 10.5. The van der Waals surface area contributed by atoms with Gasteiger partial charge in [0.25, 0.3) is 5.91 Å². The van der Waals surface area contributed by atoms with Crippen molar-refractivity contribution in [1.82, 2.24) is 35.2 Å². The molecule has 0 radical (unpaired) electrons. The maximum atomic E-state index is 12.5. The van der Waals surface area contributed by atoms with Gasteiger partial charge in [0.05, 0.1) is 24.0 Å². The Morgan fingerprint density at radius 2 is 1.96 bits per heavy atom. The summed E-state index contributed by atoms with van der Waals surface area (Å²) in [6.07, 6.45) is 6.03. The molecule has 0 spiro atoms. The Morgan fingerprint density at radius 3 is 2.64 bits per heavy atom. The number of methoxy groups -OCH3 is 1. The first kappa shape index (κ1) is 17.2. The molecule has 0 bridgehead atoms. The first-order valence-corrected chi connectivity index (χ1v) is 8.21. The molecule has 0 aliphatic rings. The molecule has 0 saturated carbocycles. The minimum atomic E-state index is -0.360. The molecule has 0 saturated heterocycles. The molecule has 0 aliphatic carbocycles. The molecule has 3 aromatic heterocycles. The van der Waals surface area contributed by atoms with Gasteiger partial charge in [-0.05, 0) is 34.7 Å². The lowest BCUT2D eigenvalue weighted by Gasteiger charge is -2.11. The Morgan fingerprint density at radius 1 is 1.11 bits per heavy atom. The number of nitrogens with zero attached hydrogens (tertiary/aromatic N) is 7. The highest BCUT2D eigenvalue weighted by Crippen LogP contribution is 2.27. The summed E-state index contributed by atoms with van der Waals surface area (Å²) in [7, 11) is 1.51. The highest BCUT2D eigenvalue weighted by atomic mass is 16.5. The molecular formula is C18H14N8O2. The molecule has 1 N–H and O–H groups in total. The predicted molar refractivity (Wildman–Crippen MR) is 98.9 cm³/mol. The van der Waals surface area contributed by atoms with E-state index in [-0.39, 0.29) is 5.91 Å². The van der Waals surface area contributed by atoms with Crippen LogP contribution in [0.25, 0.3) is 17.2 Å². The summed E-state index contributed by atoms with van der Waals surface area (Å²) in [6.45, 7) is 0. The molecule has 0 unspecified atom stereocenters. The summed E-state index contributed by atoms with van der Waals surface area (Å²) in [6, 6.07) is 10.6. The molecule has 4 aromatic rings. The maximum Gasteiger partial charge on any atom is 0.258 e. The molecular weight excluding hydrogens is 360 g/mol. The number of rotatable bonds is 5. The summed E-state index contributed by atoms with van der Waals surface area (Å²) < 4.78 is 6.85. The van der Waals surface area contributed by atoms with Gasteiger partial charge < -0.3 is 10.1 Å². The molecule has 0 atom stereocenters. The van der Waals surface area contributed by atoms with E-state index < -0.39 is 0 Å². The second-order valence-corrected chi connectivity index (χ2v) is 5.60. The van der Waals surface area contributed by atoms with Crippen LogP contribution in [-0.4, -0.2) is 48.2 Å². The van der Waals surface area contributed by atoms with Crippen LogP contribution in [0.5, 0.6) is 5.75 Å². The molecule has 3 heterocycles. The second-order valence-electron chi connectivity index (χ2n) is 5.60. The van der Waals surface area contributed by atoms with Crippen LogP contribution >= 0.6 is 0 Å². The molecule has 138 valence electrons. The highest BCUT2D eigenvalue weighted by molar-refractivity contribution is 6.04. The number of ether oxygens (including phenoxy) is 1. The number of tetrazole rings is 1. The van der Waals surface area contributed by atoms with Crippen LogP contribution in [0.2, 0.25) is 0 Å². The fourth-order valence-electron chi connectivity index (χ4n) is 2.47. The van der Waals surface area contributed by atoms with Gasteiger partial charge in [-0.2, -0.15) is 0 Å². The minimum Gasteiger partial charge on any atom is -0.494 e. The number of carbonyl (C=O) groups is 1. The third kappa shape index (κ3) is 3.51. The van der Waals surface area contributed by atoms with E-state index in [9.17, 15) is 4.79 Å². The molecule has 0 aliphatic heterocycles. The van der Waals surface area contributed by atoms with Crippen molar-refractivity contribution in [3.05, 3.63) is 66.9 Å². The number of benzene rings is 1. The van der Waals surface area contributed by atoms with Crippen molar-refractivity contribution in [2.75, 3.05) is 12.4 Å². The van der Waals surface area contributed by atoms with Crippen LogP contribution in [0.1, 0.15) is 10.4 Å². The van der Waals surface area contributed by atoms with E-state index in [0.717, 1.165) is 0 Å². The smallest absolute Gasteiger partial charge is 0.258 e. The monoisotopic (exact) mass is 374 g/mol. The molecule has 10 heteroatoms. The first-order chi connectivity index (χ1) is 13.7. The van der Waals surface area contributed by atoms with Gasteiger partial charge in [-0.25, -0.2) is 14.6 Å². The molecule has 28 heavy (non-hydrogen) atoms. The van der Waals surface area contributed by atoms with Crippen molar-refractivity contribution < 1.29 is 9.53 Å². The average Bonchev–Trinajstić information content (AvgIpc) is 3.30. The van der Waals surface area contributed by atoms with Crippen molar-refractivity contribution in [1.29, 1.82) is 0 Å². The van der Waals surface area contributed by atoms with Gasteiger partial charge in [-0.1, -0.05) is 6.07 Å². The third-order valence-corrected chi connectivity index (χ3v) is 3.85. The zero-order valence-corrected chi connectivity index (χ0v) is 14.7. The first-order valence-electron chi connectivity index (χ1n) is 8.21. The standard InChI is InChI=1S/C18H14N8O2/c1-28-16-8-13(26-11-22-24-25-26)5-6-14(16)23-18(27)12-9-20-17(21-10-12)15-4-2-3-7-19-15/h2-11H,1H3,(H,23,27). The molecule has 0 fully saturated rings. The zero-order chi connectivity index (χ0) is 19.3. The lowest BCUT2D eigenvalue weighted by atomic mass is 10.2. The number of nitrogens with one attached hydrogen (secondary N) is 1. The van der Waals surface area contributed by atoms with Crippen LogP contribution < -0.4 is 10.1 Å². The highest BCUT2D eigenvalue weighted by Gasteiger charge is 2.13. The lowest BCUT2D eigenvalue weighted by Crippen LogP contribution is -2.14. The number of anilines is 1. The van der Waals surface area contributed by atoms with Gasteiger partial charge in [0.2, 0.25) is 0 Å². The number of carbonyl (C=O) groups excluding carboxylic acids is 1. The van der Waals surface area contributed by atoms with E-state index in [2.05, 4.69) is 35.8 Å². The average molecular weight is 374 g/mol. The summed E-state index contributed by atoms with van der Waals surface area (Å²) in [5.74, 6) is 0.550. The van der Waals surface area contributed by atoms with E-state index in [0.29, 0.717) is 34.2 Å². The zero-order valence-electron chi connectivity index (χ0n) is 14.7. The van der Waals surface area contributed by atoms with E-state index in [1.54, 1.807) is 30.5 Å². The lowest BCUT2D eigenvalue weighted by molar-refractivity contribution is 0.102. The van der Waals surface area contributed by atoms with E-state index in [1.165, 1.54) is 30.5 Å². The van der Waals surface area contributed by atoms with Gasteiger partial charge >= 0.3 is 0 Å². The summed E-state index contributed by atoms with van der Waals surface area (Å²) in [5.41, 5.74) is 2.14. The fraction of sp³-hybridized carbons (Fsp3) is 0.0556. The molecule has 4 rings (SSSR count). The van der Waals surface area contributed by atoms with Crippen LogP contribution in [0.3, 0.4) is 0 Å². The van der Waals surface area contributed by atoms with Crippen molar-refractivity contribution in [2.24, 2.45) is 0 Å². The van der Waals surface area contributed by atoms with Crippen molar-refractivity contribution in [2.45, 2.75) is 0 Å². The van der Waals surface area contributed by atoms with Gasteiger partial charge in [-0.15, -0.1) is 5.10 Å². The summed E-state index contributed by atoms with van der Waals surface area (Å²) in [5, 5.41) is 13.8.